The first-order valence-corrected chi connectivity index (χ1v) is 8.41. The highest BCUT2D eigenvalue weighted by atomic mass is 35.5. The van der Waals surface area contributed by atoms with Gasteiger partial charge < -0.3 is 15.0 Å². The SMILES string of the molecule is CCOc1ccc(C(=O)NC2CCN(C(=O)C(C)Cl)CC2)cc1. The molecule has 1 heterocycles. The quantitative estimate of drug-likeness (QED) is 0.839. The Morgan fingerprint density at radius 1 is 1.30 bits per heavy atom. The van der Waals surface area contributed by atoms with Gasteiger partial charge in [-0.1, -0.05) is 0 Å². The van der Waals surface area contributed by atoms with E-state index in [0.29, 0.717) is 25.3 Å². The zero-order valence-electron chi connectivity index (χ0n) is 13.5. The number of nitrogens with one attached hydrogen (secondary N) is 1. The first kappa shape index (κ1) is 17.6. The Labute approximate surface area is 141 Å². The topological polar surface area (TPSA) is 58.6 Å². The minimum Gasteiger partial charge on any atom is -0.494 e. The molecule has 5 nitrogen and oxygen atoms in total. The maximum atomic E-state index is 12.3. The molecule has 0 radical (unpaired) electrons. The molecule has 0 saturated carbocycles. The number of alkyl halides is 1. The molecule has 1 aliphatic rings. The fourth-order valence-corrected chi connectivity index (χ4v) is 2.77. The molecular formula is C17H23ClN2O3. The molecule has 1 aromatic carbocycles. The summed E-state index contributed by atoms with van der Waals surface area (Å²) in [6, 6.07) is 7.19. The van der Waals surface area contributed by atoms with Crippen LogP contribution in [0.15, 0.2) is 24.3 Å². The number of hydrogen-bond acceptors (Lipinski definition) is 3. The molecule has 0 spiro atoms. The van der Waals surface area contributed by atoms with Gasteiger partial charge in [-0.3, -0.25) is 9.59 Å². The van der Waals surface area contributed by atoms with Crippen LogP contribution >= 0.6 is 11.6 Å². The first-order chi connectivity index (χ1) is 11.0. The van der Waals surface area contributed by atoms with E-state index in [1.165, 1.54) is 0 Å². The summed E-state index contributed by atoms with van der Waals surface area (Å²) >= 11 is 5.83. The van der Waals surface area contributed by atoms with Crippen LogP contribution in [0.4, 0.5) is 0 Å². The van der Waals surface area contributed by atoms with Crippen LogP contribution in [-0.2, 0) is 4.79 Å². The van der Waals surface area contributed by atoms with Crippen molar-refractivity contribution < 1.29 is 14.3 Å². The monoisotopic (exact) mass is 338 g/mol. The molecule has 1 N–H and O–H groups in total. The van der Waals surface area contributed by atoms with Crippen molar-refractivity contribution in [1.82, 2.24) is 10.2 Å². The van der Waals surface area contributed by atoms with Gasteiger partial charge in [0, 0.05) is 24.7 Å². The zero-order chi connectivity index (χ0) is 16.8. The second-order valence-corrected chi connectivity index (χ2v) is 6.30. The van der Waals surface area contributed by atoms with E-state index in [1.54, 1.807) is 36.1 Å². The molecule has 0 aliphatic carbocycles. The predicted molar refractivity (Wildman–Crippen MR) is 90.0 cm³/mol. The van der Waals surface area contributed by atoms with Crippen molar-refractivity contribution in [2.45, 2.75) is 38.1 Å². The van der Waals surface area contributed by atoms with E-state index in [-0.39, 0.29) is 17.9 Å². The van der Waals surface area contributed by atoms with E-state index in [2.05, 4.69) is 5.32 Å². The van der Waals surface area contributed by atoms with E-state index in [1.807, 2.05) is 6.92 Å². The number of nitrogens with zero attached hydrogens (tertiary/aromatic N) is 1. The van der Waals surface area contributed by atoms with Crippen molar-refractivity contribution in [3.8, 4) is 5.75 Å². The number of carbonyl (C=O) groups is 2. The van der Waals surface area contributed by atoms with Crippen molar-refractivity contribution in [1.29, 1.82) is 0 Å². The van der Waals surface area contributed by atoms with Gasteiger partial charge in [-0.25, -0.2) is 0 Å². The maximum absolute atomic E-state index is 12.3. The molecule has 1 unspecified atom stereocenters. The molecule has 0 aromatic heterocycles. The van der Waals surface area contributed by atoms with Crippen LogP contribution in [-0.4, -0.2) is 47.8 Å². The average Bonchev–Trinajstić information content (AvgIpc) is 2.55. The average molecular weight is 339 g/mol. The van der Waals surface area contributed by atoms with Crippen LogP contribution in [0.1, 0.15) is 37.0 Å². The summed E-state index contributed by atoms with van der Waals surface area (Å²) in [5.74, 6) is 0.623. The number of ether oxygens (including phenoxy) is 1. The van der Waals surface area contributed by atoms with Gasteiger partial charge in [0.25, 0.3) is 5.91 Å². The standard InChI is InChI=1S/C17H23ClN2O3/c1-3-23-15-6-4-13(5-7-15)16(21)19-14-8-10-20(11-9-14)17(22)12(2)18/h4-7,12,14H,3,8-11H2,1-2H3,(H,19,21). The Morgan fingerprint density at radius 2 is 1.91 bits per heavy atom. The summed E-state index contributed by atoms with van der Waals surface area (Å²) in [4.78, 5) is 25.8. The van der Waals surface area contributed by atoms with E-state index >= 15 is 0 Å². The van der Waals surface area contributed by atoms with Gasteiger partial charge in [-0.05, 0) is 51.0 Å². The van der Waals surface area contributed by atoms with Crippen molar-refractivity contribution in [3.63, 3.8) is 0 Å². The highest BCUT2D eigenvalue weighted by molar-refractivity contribution is 6.30. The number of benzene rings is 1. The molecule has 1 aromatic rings. The van der Waals surface area contributed by atoms with Crippen molar-refractivity contribution >= 4 is 23.4 Å². The Hall–Kier alpha value is -1.75. The Kier molecular flexibility index (Phi) is 6.28. The summed E-state index contributed by atoms with van der Waals surface area (Å²) in [6.07, 6.45) is 1.50. The number of halogens is 1. The highest BCUT2D eigenvalue weighted by Crippen LogP contribution is 2.15. The lowest BCUT2D eigenvalue weighted by molar-refractivity contribution is -0.131. The molecule has 0 bridgehead atoms. The number of rotatable bonds is 5. The summed E-state index contributed by atoms with van der Waals surface area (Å²) in [5.41, 5.74) is 0.612. The number of likely N-dealkylation sites (tertiary alicyclic amines) is 1. The molecule has 1 atom stereocenters. The maximum Gasteiger partial charge on any atom is 0.251 e. The minimum absolute atomic E-state index is 0.0389. The number of amides is 2. The number of hydrogen-bond donors (Lipinski definition) is 1. The van der Waals surface area contributed by atoms with Crippen molar-refractivity contribution in [2.75, 3.05) is 19.7 Å². The van der Waals surface area contributed by atoms with Crippen LogP contribution in [0.25, 0.3) is 0 Å². The van der Waals surface area contributed by atoms with Gasteiger partial charge in [0.1, 0.15) is 11.1 Å². The smallest absolute Gasteiger partial charge is 0.251 e. The van der Waals surface area contributed by atoms with Gasteiger partial charge in [-0.2, -0.15) is 0 Å². The molecule has 6 heteroatoms. The molecule has 126 valence electrons. The molecule has 1 fully saturated rings. The second kappa shape index (κ2) is 8.20. The number of carbonyl (C=O) groups excluding carboxylic acids is 2. The van der Waals surface area contributed by atoms with Gasteiger partial charge in [0.15, 0.2) is 0 Å². The van der Waals surface area contributed by atoms with Gasteiger partial charge >= 0.3 is 0 Å². The Balaban J connectivity index is 1.83. The lowest BCUT2D eigenvalue weighted by atomic mass is 10.0. The lowest BCUT2D eigenvalue weighted by Crippen LogP contribution is -2.48. The van der Waals surface area contributed by atoms with Crippen LogP contribution < -0.4 is 10.1 Å². The molecule has 1 aliphatic heterocycles. The number of piperidine rings is 1. The first-order valence-electron chi connectivity index (χ1n) is 7.97. The second-order valence-electron chi connectivity index (χ2n) is 5.65. The van der Waals surface area contributed by atoms with Crippen molar-refractivity contribution in [3.05, 3.63) is 29.8 Å². The fraction of sp³-hybridized carbons (Fsp3) is 0.529. The Bertz CT molecular complexity index is 537. The Morgan fingerprint density at radius 3 is 2.43 bits per heavy atom. The van der Waals surface area contributed by atoms with Crippen LogP contribution in [0.3, 0.4) is 0 Å². The van der Waals surface area contributed by atoms with E-state index in [0.717, 1.165) is 18.6 Å². The third-order valence-electron chi connectivity index (χ3n) is 3.91. The van der Waals surface area contributed by atoms with Crippen LogP contribution in [0.2, 0.25) is 0 Å². The minimum atomic E-state index is -0.495. The third kappa shape index (κ3) is 4.86. The van der Waals surface area contributed by atoms with Crippen LogP contribution in [0.5, 0.6) is 5.75 Å². The molecule has 2 rings (SSSR count). The fourth-order valence-electron chi connectivity index (χ4n) is 2.63. The van der Waals surface area contributed by atoms with E-state index in [9.17, 15) is 9.59 Å². The third-order valence-corrected chi connectivity index (χ3v) is 4.10. The lowest BCUT2D eigenvalue weighted by Gasteiger charge is -2.33. The zero-order valence-corrected chi connectivity index (χ0v) is 14.3. The van der Waals surface area contributed by atoms with Gasteiger partial charge in [0.2, 0.25) is 5.91 Å². The normalized spacial score (nSPS) is 16.7. The molecular weight excluding hydrogens is 316 g/mol. The molecule has 1 saturated heterocycles. The van der Waals surface area contributed by atoms with Gasteiger partial charge in [-0.15, -0.1) is 11.6 Å². The summed E-state index contributed by atoms with van der Waals surface area (Å²) in [6.45, 7) is 5.46. The van der Waals surface area contributed by atoms with Crippen LogP contribution in [0, 0.1) is 0 Å². The van der Waals surface area contributed by atoms with E-state index < -0.39 is 5.38 Å². The van der Waals surface area contributed by atoms with Gasteiger partial charge in [0.05, 0.1) is 6.61 Å². The van der Waals surface area contributed by atoms with Crippen molar-refractivity contribution in [2.24, 2.45) is 0 Å². The molecule has 23 heavy (non-hydrogen) atoms. The molecule has 2 amide bonds. The largest absolute Gasteiger partial charge is 0.494 e. The highest BCUT2D eigenvalue weighted by Gasteiger charge is 2.26. The summed E-state index contributed by atoms with van der Waals surface area (Å²) < 4.78 is 5.36. The predicted octanol–water partition coefficient (Wildman–Crippen LogP) is 2.43. The summed E-state index contributed by atoms with van der Waals surface area (Å²) in [7, 11) is 0. The van der Waals surface area contributed by atoms with E-state index in [4.69, 9.17) is 16.3 Å². The summed E-state index contributed by atoms with van der Waals surface area (Å²) in [5, 5.41) is 2.53.